The van der Waals surface area contributed by atoms with Crippen molar-refractivity contribution in [1.29, 1.82) is 0 Å². The molecule has 0 radical (unpaired) electrons. The highest BCUT2D eigenvalue weighted by Gasteiger charge is 2.40. The van der Waals surface area contributed by atoms with Crippen LogP contribution < -0.4 is 15.4 Å². The van der Waals surface area contributed by atoms with Crippen LogP contribution in [0.15, 0.2) is 18.2 Å². The molecule has 0 aromatic heterocycles. The third-order valence-corrected chi connectivity index (χ3v) is 6.42. The fraction of sp³-hybridized carbons (Fsp3) is 0.550. The molecule has 2 N–H and O–H groups in total. The molecule has 27 heavy (non-hydrogen) atoms. The summed E-state index contributed by atoms with van der Waals surface area (Å²) in [7, 11) is 0. The number of rotatable bonds is 4. The van der Waals surface area contributed by atoms with Crippen LogP contribution in [0.25, 0.3) is 0 Å². The van der Waals surface area contributed by atoms with Gasteiger partial charge < -0.3 is 15.0 Å². The lowest BCUT2D eigenvalue weighted by Crippen LogP contribution is -2.52. The highest BCUT2D eigenvalue weighted by molar-refractivity contribution is 6.05. The van der Waals surface area contributed by atoms with Crippen molar-refractivity contribution in [2.45, 2.75) is 56.8 Å². The number of imide groups is 1. The summed E-state index contributed by atoms with van der Waals surface area (Å²) in [6, 6.07) is 6.02. The molecule has 3 aliphatic heterocycles. The maximum absolute atomic E-state index is 12.7. The number of hydrogen-bond acceptors (Lipinski definition) is 5. The van der Waals surface area contributed by atoms with Gasteiger partial charge in [-0.15, -0.1) is 0 Å². The molecule has 7 nitrogen and oxygen atoms in total. The first-order chi connectivity index (χ1) is 13.1. The number of benzene rings is 1. The van der Waals surface area contributed by atoms with Gasteiger partial charge in [0.2, 0.25) is 11.8 Å². The smallest absolute Gasteiger partial charge is 0.255 e. The molecule has 1 aromatic rings. The van der Waals surface area contributed by atoms with E-state index in [0.29, 0.717) is 43.1 Å². The molecule has 1 saturated carbocycles. The molecule has 142 valence electrons. The van der Waals surface area contributed by atoms with Gasteiger partial charge in [-0.1, -0.05) is 0 Å². The minimum absolute atomic E-state index is 0.152. The minimum Gasteiger partial charge on any atom is -0.492 e. The normalized spacial score (nSPS) is 32.0. The molecule has 4 aliphatic rings. The molecule has 3 fully saturated rings. The summed E-state index contributed by atoms with van der Waals surface area (Å²) in [5, 5.41) is 5.95. The molecular formula is C20H23N3O4. The predicted molar refractivity (Wildman–Crippen MR) is 96.0 cm³/mol. The summed E-state index contributed by atoms with van der Waals surface area (Å²) >= 11 is 0. The Labute approximate surface area is 157 Å². The number of carbonyl (C=O) groups is 3. The van der Waals surface area contributed by atoms with Gasteiger partial charge in [-0.2, -0.15) is 0 Å². The summed E-state index contributed by atoms with van der Waals surface area (Å²) in [5.74, 6) is 0.669. The zero-order valence-electron chi connectivity index (χ0n) is 15.1. The summed E-state index contributed by atoms with van der Waals surface area (Å²) in [6.45, 7) is 1.02. The van der Waals surface area contributed by atoms with Crippen molar-refractivity contribution in [2.24, 2.45) is 5.92 Å². The summed E-state index contributed by atoms with van der Waals surface area (Å²) in [6.07, 6.45) is 4.46. The Morgan fingerprint density at radius 3 is 2.78 bits per heavy atom. The van der Waals surface area contributed by atoms with Crippen LogP contribution in [0.5, 0.6) is 5.75 Å². The molecule has 0 spiro atoms. The van der Waals surface area contributed by atoms with Crippen molar-refractivity contribution in [3.8, 4) is 5.75 Å². The molecule has 7 heteroatoms. The van der Waals surface area contributed by atoms with Gasteiger partial charge in [0.1, 0.15) is 18.4 Å². The molecule has 5 rings (SSSR count). The molecule has 1 aliphatic carbocycles. The summed E-state index contributed by atoms with van der Waals surface area (Å²) in [5.41, 5.74) is 1.49. The fourth-order valence-electron chi connectivity index (χ4n) is 4.98. The van der Waals surface area contributed by atoms with Gasteiger partial charge in [0, 0.05) is 30.6 Å². The van der Waals surface area contributed by atoms with Crippen LogP contribution in [0.4, 0.5) is 0 Å². The fourth-order valence-corrected chi connectivity index (χ4v) is 4.98. The number of ether oxygens (including phenoxy) is 1. The van der Waals surface area contributed by atoms with E-state index in [1.54, 1.807) is 11.0 Å². The van der Waals surface area contributed by atoms with Gasteiger partial charge in [0.15, 0.2) is 0 Å². The van der Waals surface area contributed by atoms with Crippen LogP contribution in [0.2, 0.25) is 0 Å². The van der Waals surface area contributed by atoms with Gasteiger partial charge >= 0.3 is 0 Å². The van der Waals surface area contributed by atoms with Crippen molar-refractivity contribution in [3.05, 3.63) is 29.3 Å². The topological polar surface area (TPSA) is 87.7 Å². The van der Waals surface area contributed by atoms with E-state index in [1.807, 2.05) is 12.1 Å². The van der Waals surface area contributed by atoms with Crippen molar-refractivity contribution >= 4 is 17.7 Å². The molecule has 1 aromatic carbocycles. The van der Waals surface area contributed by atoms with Crippen molar-refractivity contribution in [1.82, 2.24) is 15.5 Å². The zero-order chi connectivity index (χ0) is 18.5. The van der Waals surface area contributed by atoms with E-state index < -0.39 is 6.04 Å². The zero-order valence-corrected chi connectivity index (χ0v) is 15.1. The van der Waals surface area contributed by atoms with Crippen LogP contribution >= 0.6 is 0 Å². The lowest BCUT2D eigenvalue weighted by atomic mass is 10.0. The SMILES string of the molecule is O=C1CCC(N2Cc3cc(OCC4N[C@@H]5CC[C@H]4C5)ccc3C2=O)C(=O)N1. The van der Waals surface area contributed by atoms with E-state index in [0.717, 1.165) is 11.3 Å². The van der Waals surface area contributed by atoms with Gasteiger partial charge in [-0.3, -0.25) is 19.7 Å². The third kappa shape index (κ3) is 2.90. The average molecular weight is 369 g/mol. The molecule has 3 heterocycles. The van der Waals surface area contributed by atoms with Gasteiger partial charge in [0.05, 0.1) is 0 Å². The second kappa shape index (κ2) is 6.34. The minimum atomic E-state index is -0.579. The summed E-state index contributed by atoms with van der Waals surface area (Å²) < 4.78 is 6.00. The Hall–Kier alpha value is -2.41. The molecule has 2 saturated heterocycles. The number of fused-ring (bicyclic) bond motifs is 3. The lowest BCUT2D eigenvalue weighted by molar-refractivity contribution is -0.136. The maximum atomic E-state index is 12.7. The number of nitrogens with one attached hydrogen (secondary N) is 2. The number of carbonyl (C=O) groups excluding carboxylic acids is 3. The Morgan fingerprint density at radius 2 is 2.04 bits per heavy atom. The monoisotopic (exact) mass is 369 g/mol. The number of hydrogen-bond donors (Lipinski definition) is 2. The number of nitrogens with zero attached hydrogens (tertiary/aromatic N) is 1. The van der Waals surface area contributed by atoms with Crippen molar-refractivity contribution < 1.29 is 19.1 Å². The molecule has 4 atom stereocenters. The molecule has 3 amide bonds. The second-order valence-electron chi connectivity index (χ2n) is 8.07. The van der Waals surface area contributed by atoms with E-state index in [-0.39, 0.29) is 24.1 Å². The first-order valence-electron chi connectivity index (χ1n) is 9.75. The van der Waals surface area contributed by atoms with Crippen LogP contribution in [-0.2, 0) is 16.1 Å². The Kier molecular flexibility index (Phi) is 3.93. The second-order valence-corrected chi connectivity index (χ2v) is 8.07. The Balaban J connectivity index is 1.26. The maximum Gasteiger partial charge on any atom is 0.255 e. The quantitative estimate of drug-likeness (QED) is 0.772. The van der Waals surface area contributed by atoms with E-state index in [2.05, 4.69) is 10.6 Å². The first-order valence-corrected chi connectivity index (χ1v) is 9.75. The molecule has 2 bridgehead atoms. The number of piperidine rings is 2. The van der Waals surface area contributed by atoms with Crippen LogP contribution in [0.1, 0.15) is 48.0 Å². The summed E-state index contributed by atoms with van der Waals surface area (Å²) in [4.78, 5) is 37.7. The van der Waals surface area contributed by atoms with Crippen LogP contribution in [-0.4, -0.2) is 47.4 Å². The van der Waals surface area contributed by atoms with E-state index in [9.17, 15) is 14.4 Å². The van der Waals surface area contributed by atoms with Gasteiger partial charge in [-0.05, 0) is 55.4 Å². The van der Waals surface area contributed by atoms with Crippen molar-refractivity contribution in [3.63, 3.8) is 0 Å². The lowest BCUT2D eigenvalue weighted by Gasteiger charge is -2.29. The van der Waals surface area contributed by atoms with Crippen LogP contribution in [0.3, 0.4) is 0 Å². The van der Waals surface area contributed by atoms with Crippen molar-refractivity contribution in [2.75, 3.05) is 6.61 Å². The van der Waals surface area contributed by atoms with E-state index in [4.69, 9.17) is 4.74 Å². The Bertz CT molecular complexity index is 823. The highest BCUT2D eigenvalue weighted by Crippen LogP contribution is 2.36. The molecular weight excluding hydrogens is 346 g/mol. The van der Waals surface area contributed by atoms with Crippen LogP contribution in [0, 0.1) is 5.92 Å². The largest absolute Gasteiger partial charge is 0.492 e. The molecule has 2 unspecified atom stereocenters. The third-order valence-electron chi connectivity index (χ3n) is 6.42. The van der Waals surface area contributed by atoms with E-state index in [1.165, 1.54) is 19.3 Å². The number of amides is 3. The van der Waals surface area contributed by atoms with Gasteiger partial charge in [0.25, 0.3) is 5.91 Å². The first kappa shape index (κ1) is 16.7. The highest BCUT2D eigenvalue weighted by atomic mass is 16.5. The Morgan fingerprint density at radius 1 is 1.15 bits per heavy atom. The van der Waals surface area contributed by atoms with E-state index >= 15 is 0 Å². The standard InChI is InChI=1S/C20H23N3O4/c24-18-6-5-17(19(25)22-18)23-9-12-8-14(3-4-15(12)20(23)26)27-10-16-11-1-2-13(7-11)21-16/h3-4,8,11,13,16-17,21H,1-2,5-7,9-10H2,(H,22,24,25)/t11-,13+,16?,17?/m0/s1. The van der Waals surface area contributed by atoms with Gasteiger partial charge in [-0.25, -0.2) is 0 Å². The predicted octanol–water partition coefficient (Wildman–Crippen LogP) is 0.967. The average Bonchev–Trinajstić information content (AvgIpc) is 3.35.